The van der Waals surface area contributed by atoms with Gasteiger partial charge in [0.15, 0.2) is 0 Å². The van der Waals surface area contributed by atoms with Crippen molar-refractivity contribution in [1.29, 1.82) is 0 Å². The molecule has 0 amide bonds. The number of rotatable bonds is 11. The zero-order valence-electron chi connectivity index (χ0n) is 12.4. The molecule has 3 N–H and O–H groups in total. The molecular formula is C15H28NO3. The standard InChI is InChI=1S/C15H28NO3/c1-11(2)5-4-6-12(3)7-8-13(9-15(18)19)14(16)10-17/h11-14H,4-9,16H2,1-3H3,(H,18,19)/t12?,13?,14-/m1/s1. The van der Waals surface area contributed by atoms with Crippen LogP contribution in [-0.4, -0.2) is 23.4 Å². The predicted octanol–water partition coefficient (Wildman–Crippen LogP) is 2.76. The zero-order chi connectivity index (χ0) is 14.8. The largest absolute Gasteiger partial charge is 0.481 e. The smallest absolute Gasteiger partial charge is 0.303 e. The van der Waals surface area contributed by atoms with Gasteiger partial charge in [0.05, 0.1) is 12.5 Å². The normalized spacial score (nSPS) is 16.1. The lowest BCUT2D eigenvalue weighted by Crippen LogP contribution is -2.33. The number of aliphatic carboxylic acids is 1. The fourth-order valence-electron chi connectivity index (χ4n) is 2.25. The van der Waals surface area contributed by atoms with Crippen LogP contribution < -0.4 is 5.73 Å². The van der Waals surface area contributed by atoms with Gasteiger partial charge in [0, 0.05) is 0 Å². The van der Waals surface area contributed by atoms with Crippen molar-refractivity contribution >= 4 is 12.3 Å². The van der Waals surface area contributed by atoms with Gasteiger partial charge in [-0.15, -0.1) is 0 Å². The summed E-state index contributed by atoms with van der Waals surface area (Å²) < 4.78 is 0. The van der Waals surface area contributed by atoms with Crippen LogP contribution in [0.3, 0.4) is 0 Å². The first-order chi connectivity index (χ1) is 8.86. The average Bonchev–Trinajstić information content (AvgIpc) is 2.32. The molecule has 19 heavy (non-hydrogen) atoms. The van der Waals surface area contributed by atoms with E-state index >= 15 is 0 Å². The van der Waals surface area contributed by atoms with E-state index in [1.165, 1.54) is 12.8 Å². The monoisotopic (exact) mass is 270 g/mol. The van der Waals surface area contributed by atoms with Crippen LogP contribution in [0.25, 0.3) is 0 Å². The Labute approximate surface area is 116 Å². The van der Waals surface area contributed by atoms with Gasteiger partial charge in [-0.25, -0.2) is 0 Å². The molecule has 0 aliphatic heterocycles. The molecule has 4 heteroatoms. The highest BCUT2D eigenvalue weighted by molar-refractivity contribution is 5.68. The molecule has 0 spiro atoms. The molecule has 0 saturated heterocycles. The third-order valence-corrected chi connectivity index (χ3v) is 3.59. The summed E-state index contributed by atoms with van der Waals surface area (Å²) in [5, 5.41) is 8.81. The fraction of sp³-hybridized carbons (Fsp3) is 0.867. The number of carboxylic acid groups (broad SMARTS) is 1. The quantitative estimate of drug-likeness (QED) is 0.605. The van der Waals surface area contributed by atoms with Crippen molar-refractivity contribution < 1.29 is 14.7 Å². The Kier molecular flexibility index (Phi) is 9.48. The molecule has 0 aromatic carbocycles. The third kappa shape index (κ3) is 9.65. The summed E-state index contributed by atoms with van der Waals surface area (Å²) in [6, 6.07) is -0.779. The van der Waals surface area contributed by atoms with Crippen LogP contribution in [0.5, 0.6) is 0 Å². The topological polar surface area (TPSA) is 80.4 Å². The molecule has 0 fully saturated rings. The Bertz CT molecular complexity index is 266. The van der Waals surface area contributed by atoms with Gasteiger partial charge >= 0.3 is 5.97 Å². The highest BCUT2D eigenvalue weighted by atomic mass is 16.4. The summed E-state index contributed by atoms with van der Waals surface area (Å²) in [7, 11) is 0. The van der Waals surface area contributed by atoms with Crippen molar-refractivity contribution in [3.8, 4) is 0 Å². The maximum absolute atomic E-state index is 10.7. The number of carbonyl (C=O) groups excluding carboxylic acids is 1. The van der Waals surface area contributed by atoms with Gasteiger partial charge in [-0.3, -0.25) is 9.59 Å². The van der Waals surface area contributed by atoms with E-state index in [0.717, 1.165) is 18.8 Å². The molecule has 3 atom stereocenters. The molecule has 0 heterocycles. The second-order valence-electron chi connectivity index (χ2n) is 6.01. The minimum Gasteiger partial charge on any atom is -0.481 e. The molecule has 2 unspecified atom stereocenters. The van der Waals surface area contributed by atoms with Crippen LogP contribution in [0.15, 0.2) is 0 Å². The number of hydrogen-bond donors (Lipinski definition) is 2. The highest BCUT2D eigenvalue weighted by Crippen LogP contribution is 2.22. The Morgan fingerprint density at radius 2 is 1.79 bits per heavy atom. The maximum Gasteiger partial charge on any atom is 0.303 e. The van der Waals surface area contributed by atoms with Crippen molar-refractivity contribution in [2.75, 3.05) is 0 Å². The summed E-state index contributed by atoms with van der Waals surface area (Å²) in [6.45, 7) is 6.60. The van der Waals surface area contributed by atoms with Crippen molar-refractivity contribution in [1.82, 2.24) is 0 Å². The first-order valence-electron chi connectivity index (χ1n) is 7.21. The lowest BCUT2D eigenvalue weighted by atomic mass is 9.87. The first-order valence-corrected chi connectivity index (χ1v) is 7.21. The van der Waals surface area contributed by atoms with Crippen molar-refractivity contribution in [3.63, 3.8) is 0 Å². The van der Waals surface area contributed by atoms with Crippen molar-refractivity contribution in [3.05, 3.63) is 0 Å². The lowest BCUT2D eigenvalue weighted by molar-refractivity contribution is -0.138. The maximum atomic E-state index is 10.7. The second-order valence-corrected chi connectivity index (χ2v) is 6.01. The molecule has 0 bridgehead atoms. The minimum absolute atomic E-state index is 0.0465. The molecule has 0 saturated carbocycles. The van der Waals surface area contributed by atoms with Gasteiger partial charge in [0.25, 0.3) is 0 Å². The Morgan fingerprint density at radius 1 is 1.16 bits per heavy atom. The average molecular weight is 270 g/mol. The molecule has 0 aliphatic rings. The Balaban J connectivity index is 4.01. The van der Waals surface area contributed by atoms with Gasteiger partial charge in [0.2, 0.25) is 6.29 Å². The predicted molar refractivity (Wildman–Crippen MR) is 76.5 cm³/mol. The van der Waals surface area contributed by atoms with E-state index in [-0.39, 0.29) is 12.3 Å². The first kappa shape index (κ1) is 18.1. The van der Waals surface area contributed by atoms with E-state index in [4.69, 9.17) is 10.8 Å². The van der Waals surface area contributed by atoms with Crippen molar-refractivity contribution in [2.45, 2.75) is 65.3 Å². The van der Waals surface area contributed by atoms with Crippen molar-refractivity contribution in [2.24, 2.45) is 23.5 Å². The third-order valence-electron chi connectivity index (χ3n) is 3.59. The SMILES string of the molecule is CC(C)CCCC(C)CCC(CC(=O)O)[C@H](N)[C]=O. The van der Waals surface area contributed by atoms with Gasteiger partial charge in [-0.2, -0.15) is 0 Å². The second kappa shape index (κ2) is 9.96. The molecule has 111 valence electrons. The van der Waals surface area contributed by atoms with Gasteiger partial charge in [-0.05, 0) is 24.2 Å². The number of carboxylic acids is 1. The minimum atomic E-state index is -0.900. The lowest BCUT2D eigenvalue weighted by Gasteiger charge is -2.19. The molecule has 0 aromatic heterocycles. The van der Waals surface area contributed by atoms with Crippen LogP contribution in [0.4, 0.5) is 0 Å². The van der Waals surface area contributed by atoms with E-state index in [0.29, 0.717) is 12.3 Å². The van der Waals surface area contributed by atoms with Gasteiger partial charge in [-0.1, -0.05) is 46.5 Å². The summed E-state index contributed by atoms with van der Waals surface area (Å²) >= 11 is 0. The molecule has 0 aliphatic carbocycles. The van der Waals surface area contributed by atoms with E-state index in [1.54, 1.807) is 6.29 Å². The van der Waals surface area contributed by atoms with Crippen LogP contribution >= 0.6 is 0 Å². The van der Waals surface area contributed by atoms with Gasteiger partial charge < -0.3 is 10.8 Å². The van der Waals surface area contributed by atoms with E-state index < -0.39 is 12.0 Å². The number of nitrogens with two attached hydrogens (primary N) is 1. The van der Waals surface area contributed by atoms with E-state index in [9.17, 15) is 9.59 Å². The molecule has 0 rings (SSSR count). The Hall–Kier alpha value is -0.900. The summed E-state index contributed by atoms with van der Waals surface area (Å²) in [5.74, 6) is 0.0876. The molecule has 1 radical (unpaired) electrons. The summed E-state index contributed by atoms with van der Waals surface area (Å²) in [5.41, 5.74) is 5.60. The Morgan fingerprint density at radius 3 is 2.26 bits per heavy atom. The van der Waals surface area contributed by atoms with Crippen LogP contribution in [0.2, 0.25) is 0 Å². The number of carbonyl (C=O) groups is 1. The van der Waals surface area contributed by atoms with Crippen LogP contribution in [0.1, 0.15) is 59.3 Å². The molecule has 4 nitrogen and oxygen atoms in total. The van der Waals surface area contributed by atoms with Crippen LogP contribution in [0, 0.1) is 17.8 Å². The highest BCUT2D eigenvalue weighted by Gasteiger charge is 2.21. The van der Waals surface area contributed by atoms with E-state index in [1.807, 2.05) is 0 Å². The fourth-order valence-corrected chi connectivity index (χ4v) is 2.25. The molecule has 0 aromatic rings. The van der Waals surface area contributed by atoms with Gasteiger partial charge in [0.1, 0.15) is 0 Å². The van der Waals surface area contributed by atoms with E-state index in [2.05, 4.69) is 20.8 Å². The molecular weight excluding hydrogens is 242 g/mol. The number of hydrogen-bond acceptors (Lipinski definition) is 3. The summed E-state index contributed by atoms with van der Waals surface area (Å²) in [6.07, 6.45) is 6.86. The van der Waals surface area contributed by atoms with Crippen LogP contribution in [-0.2, 0) is 9.59 Å². The summed E-state index contributed by atoms with van der Waals surface area (Å²) in [4.78, 5) is 21.3. The zero-order valence-corrected chi connectivity index (χ0v) is 12.4.